The molecule has 1 aromatic heterocycles. The first-order valence-electron chi connectivity index (χ1n) is 7.58. The molecular weight excluding hydrogens is 379 g/mol. The normalized spacial score (nSPS) is 10.6. The summed E-state index contributed by atoms with van der Waals surface area (Å²) in [5.74, 6) is 1.15. The van der Waals surface area contributed by atoms with Crippen LogP contribution in [0.4, 0.5) is 5.95 Å². The highest BCUT2D eigenvalue weighted by Gasteiger charge is 2.13. The lowest BCUT2D eigenvalue weighted by molar-refractivity contribution is 0.284. The van der Waals surface area contributed by atoms with Crippen LogP contribution in [0.15, 0.2) is 36.4 Å². The SMILES string of the molecule is COc1cc(CNn2nnnc2N)cc(Cl)c1OCc1ccc(Cl)cc1. The third-order valence-corrected chi connectivity index (χ3v) is 4.04. The number of rotatable bonds is 7. The molecule has 0 fully saturated rings. The molecule has 3 rings (SSSR count). The van der Waals surface area contributed by atoms with Crippen molar-refractivity contribution in [3.8, 4) is 11.5 Å². The van der Waals surface area contributed by atoms with Crippen molar-refractivity contribution in [3.05, 3.63) is 57.6 Å². The molecule has 0 spiro atoms. The predicted molar refractivity (Wildman–Crippen MR) is 99.1 cm³/mol. The summed E-state index contributed by atoms with van der Waals surface area (Å²) in [5, 5.41) is 11.9. The van der Waals surface area contributed by atoms with E-state index in [-0.39, 0.29) is 5.95 Å². The van der Waals surface area contributed by atoms with Gasteiger partial charge in [-0.2, -0.15) is 0 Å². The molecule has 1 heterocycles. The molecule has 26 heavy (non-hydrogen) atoms. The molecule has 0 saturated carbocycles. The van der Waals surface area contributed by atoms with E-state index in [1.54, 1.807) is 25.3 Å². The van der Waals surface area contributed by atoms with Crippen LogP contribution in [0.3, 0.4) is 0 Å². The topological polar surface area (TPSA) is 100 Å². The Morgan fingerprint density at radius 1 is 1.15 bits per heavy atom. The Kier molecular flexibility index (Phi) is 5.65. The predicted octanol–water partition coefficient (Wildman–Crippen LogP) is 2.89. The first-order chi connectivity index (χ1) is 12.6. The molecule has 0 bridgehead atoms. The van der Waals surface area contributed by atoms with Crippen LogP contribution < -0.4 is 20.6 Å². The number of nitrogens with two attached hydrogens (primary N) is 1. The fourth-order valence-electron chi connectivity index (χ4n) is 2.22. The molecule has 8 nitrogen and oxygen atoms in total. The number of ether oxygens (including phenoxy) is 2. The van der Waals surface area contributed by atoms with Gasteiger partial charge in [0.15, 0.2) is 11.5 Å². The van der Waals surface area contributed by atoms with Crippen LogP contribution in [0.5, 0.6) is 11.5 Å². The lowest BCUT2D eigenvalue weighted by atomic mass is 10.2. The van der Waals surface area contributed by atoms with E-state index in [1.165, 1.54) is 4.79 Å². The van der Waals surface area contributed by atoms with Crippen LogP contribution in [-0.4, -0.2) is 27.4 Å². The number of nitrogens with one attached hydrogen (secondary N) is 1. The molecule has 0 unspecified atom stereocenters. The standard InChI is InChI=1S/C16H16Cl2N6O2/c1-25-14-7-11(8-20-24-16(19)21-22-23-24)6-13(18)15(14)26-9-10-2-4-12(17)5-3-10/h2-7,20H,8-9H2,1H3,(H2,19,21,23). The first kappa shape index (κ1) is 18.1. The largest absolute Gasteiger partial charge is 0.493 e. The van der Waals surface area contributed by atoms with Crippen LogP contribution in [0.1, 0.15) is 11.1 Å². The van der Waals surface area contributed by atoms with Gasteiger partial charge in [-0.1, -0.05) is 40.4 Å². The van der Waals surface area contributed by atoms with Gasteiger partial charge >= 0.3 is 0 Å². The second-order valence-electron chi connectivity index (χ2n) is 5.31. The smallest absolute Gasteiger partial charge is 0.260 e. The summed E-state index contributed by atoms with van der Waals surface area (Å²) in [6.07, 6.45) is 0. The second kappa shape index (κ2) is 8.11. The quantitative estimate of drug-likeness (QED) is 0.635. The van der Waals surface area contributed by atoms with Gasteiger partial charge in [-0.3, -0.25) is 0 Å². The Morgan fingerprint density at radius 3 is 2.58 bits per heavy atom. The summed E-state index contributed by atoms with van der Waals surface area (Å²) >= 11 is 12.3. The minimum absolute atomic E-state index is 0.158. The Morgan fingerprint density at radius 2 is 1.92 bits per heavy atom. The van der Waals surface area contributed by atoms with Crippen molar-refractivity contribution >= 4 is 29.2 Å². The summed E-state index contributed by atoms with van der Waals surface area (Å²) in [5.41, 5.74) is 10.4. The number of anilines is 1. The van der Waals surface area contributed by atoms with E-state index < -0.39 is 0 Å². The number of hydrogen-bond donors (Lipinski definition) is 2. The molecule has 0 aliphatic rings. The van der Waals surface area contributed by atoms with Crippen LogP contribution in [0, 0.1) is 0 Å². The van der Waals surface area contributed by atoms with Gasteiger partial charge in [0.05, 0.1) is 18.7 Å². The molecule has 136 valence electrons. The van der Waals surface area contributed by atoms with Gasteiger partial charge in [0.1, 0.15) is 6.61 Å². The Bertz CT molecular complexity index is 885. The molecular formula is C16H16Cl2N6O2. The summed E-state index contributed by atoms with van der Waals surface area (Å²) < 4.78 is 11.2. The summed E-state index contributed by atoms with van der Waals surface area (Å²) in [7, 11) is 1.55. The molecule has 3 N–H and O–H groups in total. The zero-order valence-corrected chi connectivity index (χ0v) is 15.3. The molecule has 3 aromatic rings. The third-order valence-electron chi connectivity index (χ3n) is 3.51. The Balaban J connectivity index is 1.72. The highest BCUT2D eigenvalue weighted by atomic mass is 35.5. The summed E-state index contributed by atoms with van der Waals surface area (Å²) in [4.78, 5) is 1.27. The Labute approximate surface area is 159 Å². The molecule has 2 aromatic carbocycles. The van der Waals surface area contributed by atoms with Crippen LogP contribution in [-0.2, 0) is 13.2 Å². The van der Waals surface area contributed by atoms with Gasteiger partial charge in [0.25, 0.3) is 5.95 Å². The third kappa shape index (κ3) is 4.27. The maximum atomic E-state index is 6.37. The molecule has 10 heteroatoms. The maximum absolute atomic E-state index is 6.37. The van der Waals surface area contributed by atoms with Gasteiger partial charge in [0, 0.05) is 5.02 Å². The monoisotopic (exact) mass is 394 g/mol. The molecule has 0 saturated heterocycles. The average molecular weight is 395 g/mol. The van der Waals surface area contributed by atoms with Crippen molar-refractivity contribution in [1.82, 2.24) is 20.3 Å². The average Bonchev–Trinajstić information content (AvgIpc) is 3.05. The number of benzene rings is 2. The van der Waals surface area contributed by atoms with E-state index >= 15 is 0 Å². The van der Waals surface area contributed by atoms with Crippen LogP contribution in [0.25, 0.3) is 0 Å². The van der Waals surface area contributed by atoms with Gasteiger partial charge in [-0.05, 0) is 45.8 Å². The van der Waals surface area contributed by atoms with Crippen molar-refractivity contribution < 1.29 is 9.47 Å². The van der Waals surface area contributed by atoms with Crippen molar-refractivity contribution in [2.24, 2.45) is 0 Å². The van der Waals surface area contributed by atoms with Gasteiger partial charge in [-0.25, -0.2) is 0 Å². The molecule has 0 atom stereocenters. The van der Waals surface area contributed by atoms with E-state index in [0.717, 1.165) is 11.1 Å². The zero-order valence-electron chi connectivity index (χ0n) is 13.8. The van der Waals surface area contributed by atoms with Gasteiger partial charge in [0.2, 0.25) is 0 Å². The summed E-state index contributed by atoms with van der Waals surface area (Å²) in [6.45, 7) is 0.731. The number of nitrogen functional groups attached to an aromatic ring is 1. The van der Waals surface area contributed by atoms with Gasteiger partial charge < -0.3 is 20.6 Å². The lowest BCUT2D eigenvalue weighted by Crippen LogP contribution is -2.18. The summed E-state index contributed by atoms with van der Waals surface area (Å²) in [6, 6.07) is 11.0. The minimum Gasteiger partial charge on any atom is -0.493 e. The maximum Gasteiger partial charge on any atom is 0.260 e. The number of nitrogens with zero attached hydrogens (tertiary/aromatic N) is 4. The zero-order chi connectivity index (χ0) is 18.5. The molecule has 0 amide bonds. The number of hydrogen-bond acceptors (Lipinski definition) is 7. The number of halogens is 2. The van der Waals surface area contributed by atoms with E-state index in [9.17, 15) is 0 Å². The number of tetrazole rings is 1. The molecule has 0 radical (unpaired) electrons. The Hall–Kier alpha value is -2.71. The molecule has 0 aliphatic heterocycles. The minimum atomic E-state index is 0.158. The van der Waals surface area contributed by atoms with E-state index in [1.807, 2.05) is 18.2 Å². The molecule has 0 aliphatic carbocycles. The van der Waals surface area contributed by atoms with Crippen LogP contribution in [0.2, 0.25) is 10.0 Å². The van der Waals surface area contributed by atoms with Crippen LogP contribution >= 0.6 is 23.2 Å². The van der Waals surface area contributed by atoms with E-state index in [0.29, 0.717) is 34.7 Å². The van der Waals surface area contributed by atoms with Crippen molar-refractivity contribution in [2.45, 2.75) is 13.2 Å². The van der Waals surface area contributed by atoms with E-state index in [2.05, 4.69) is 21.0 Å². The van der Waals surface area contributed by atoms with Crippen molar-refractivity contribution in [3.63, 3.8) is 0 Å². The van der Waals surface area contributed by atoms with E-state index in [4.69, 9.17) is 38.4 Å². The highest BCUT2D eigenvalue weighted by molar-refractivity contribution is 6.32. The fraction of sp³-hybridized carbons (Fsp3) is 0.188. The van der Waals surface area contributed by atoms with Crippen molar-refractivity contribution in [1.29, 1.82) is 0 Å². The van der Waals surface area contributed by atoms with Gasteiger partial charge in [-0.15, -0.1) is 4.79 Å². The fourth-order valence-corrected chi connectivity index (χ4v) is 2.64. The van der Waals surface area contributed by atoms with Crippen molar-refractivity contribution in [2.75, 3.05) is 18.3 Å². The number of methoxy groups -OCH3 is 1. The second-order valence-corrected chi connectivity index (χ2v) is 6.15. The number of aromatic nitrogens is 4. The first-order valence-corrected chi connectivity index (χ1v) is 8.34. The lowest BCUT2D eigenvalue weighted by Gasteiger charge is -2.15. The highest BCUT2D eigenvalue weighted by Crippen LogP contribution is 2.37.